The van der Waals surface area contributed by atoms with Crippen LogP contribution in [0.4, 0.5) is 5.69 Å². The lowest BCUT2D eigenvalue weighted by Gasteiger charge is -2.21. The minimum absolute atomic E-state index is 0.0428. The van der Waals surface area contributed by atoms with Crippen LogP contribution in [0.1, 0.15) is 25.8 Å². The van der Waals surface area contributed by atoms with E-state index in [4.69, 9.17) is 10.8 Å². The number of para-hydroxylation sites is 1. The van der Waals surface area contributed by atoms with E-state index >= 15 is 0 Å². The molecule has 0 aliphatic heterocycles. The molecule has 4 N–H and O–H groups in total. The molecule has 0 fully saturated rings. The first-order chi connectivity index (χ1) is 8.85. The molecule has 0 spiro atoms. The summed E-state index contributed by atoms with van der Waals surface area (Å²) in [5.74, 6) is -0.0241. The predicted octanol–water partition coefficient (Wildman–Crippen LogP) is 1.10. The second-order valence-electron chi connectivity index (χ2n) is 4.94. The maximum atomic E-state index is 12.1. The lowest BCUT2D eigenvalue weighted by atomic mass is 10.0. The van der Waals surface area contributed by atoms with Crippen LogP contribution in [0.3, 0.4) is 0 Å². The first kappa shape index (κ1) is 15.9. The molecule has 0 aromatic heterocycles. The van der Waals surface area contributed by atoms with Crippen LogP contribution < -0.4 is 10.5 Å². The molecule has 5 nitrogen and oxygen atoms in total. The van der Waals surface area contributed by atoms with E-state index in [-0.39, 0.29) is 24.3 Å². The maximum absolute atomic E-state index is 12.1. The van der Waals surface area contributed by atoms with E-state index in [9.17, 15) is 8.42 Å². The van der Waals surface area contributed by atoms with Crippen LogP contribution >= 0.6 is 0 Å². The van der Waals surface area contributed by atoms with Gasteiger partial charge in [0.05, 0.1) is 5.75 Å². The number of hydrogen-bond donors (Lipinski definition) is 3. The van der Waals surface area contributed by atoms with Crippen LogP contribution in [0.5, 0.6) is 0 Å². The fraction of sp³-hybridized carbons (Fsp3) is 0.538. The van der Waals surface area contributed by atoms with Gasteiger partial charge in [0.25, 0.3) is 0 Å². The van der Waals surface area contributed by atoms with Crippen LogP contribution in [0.25, 0.3) is 0 Å². The van der Waals surface area contributed by atoms with Gasteiger partial charge < -0.3 is 10.8 Å². The molecule has 19 heavy (non-hydrogen) atoms. The minimum atomic E-state index is -3.46. The number of sulfonamides is 1. The van der Waals surface area contributed by atoms with Crippen molar-refractivity contribution in [2.45, 2.75) is 32.1 Å². The number of benzene rings is 1. The Labute approximate surface area is 114 Å². The van der Waals surface area contributed by atoms with Crippen molar-refractivity contribution in [3.8, 4) is 0 Å². The molecule has 1 unspecified atom stereocenters. The van der Waals surface area contributed by atoms with Crippen molar-refractivity contribution in [1.29, 1.82) is 0 Å². The molecule has 1 aromatic carbocycles. The predicted molar refractivity (Wildman–Crippen MR) is 76.9 cm³/mol. The van der Waals surface area contributed by atoms with Gasteiger partial charge in [-0.3, -0.25) is 0 Å². The van der Waals surface area contributed by atoms with Gasteiger partial charge in [0.2, 0.25) is 10.0 Å². The number of anilines is 1. The second-order valence-corrected chi connectivity index (χ2v) is 6.69. The highest BCUT2D eigenvalue weighted by molar-refractivity contribution is 7.88. The largest absolute Gasteiger partial charge is 0.398 e. The third-order valence-corrected chi connectivity index (χ3v) is 4.33. The molecule has 0 aliphatic carbocycles. The SMILES string of the molecule is CC(C)C(CCO)NS(=O)(=O)Cc1ccccc1N. The summed E-state index contributed by atoms with van der Waals surface area (Å²) >= 11 is 0. The fourth-order valence-electron chi connectivity index (χ4n) is 1.81. The summed E-state index contributed by atoms with van der Waals surface area (Å²) in [6.07, 6.45) is 0.404. The van der Waals surface area contributed by atoms with Crippen LogP contribution in [-0.4, -0.2) is 26.2 Å². The van der Waals surface area contributed by atoms with Gasteiger partial charge in [-0.25, -0.2) is 13.1 Å². The number of nitrogen functional groups attached to an aromatic ring is 1. The zero-order chi connectivity index (χ0) is 14.5. The Hall–Kier alpha value is -1.11. The highest BCUT2D eigenvalue weighted by Crippen LogP contribution is 2.15. The quantitative estimate of drug-likeness (QED) is 0.654. The Morgan fingerprint density at radius 2 is 1.95 bits per heavy atom. The van der Waals surface area contributed by atoms with E-state index in [0.29, 0.717) is 17.7 Å². The lowest BCUT2D eigenvalue weighted by molar-refractivity contribution is 0.256. The summed E-state index contributed by atoms with van der Waals surface area (Å²) in [6.45, 7) is 3.79. The number of nitrogens with two attached hydrogens (primary N) is 1. The van der Waals surface area contributed by atoms with Crippen molar-refractivity contribution >= 4 is 15.7 Å². The first-order valence-electron chi connectivity index (χ1n) is 6.30. The summed E-state index contributed by atoms with van der Waals surface area (Å²) < 4.78 is 26.8. The Balaban J connectivity index is 2.79. The van der Waals surface area contributed by atoms with E-state index in [1.165, 1.54) is 0 Å². The van der Waals surface area contributed by atoms with Gasteiger partial charge in [0, 0.05) is 18.3 Å². The second kappa shape index (κ2) is 6.88. The molecule has 0 amide bonds. The molecular formula is C13H22N2O3S. The maximum Gasteiger partial charge on any atom is 0.216 e. The van der Waals surface area contributed by atoms with Crippen molar-refractivity contribution in [2.75, 3.05) is 12.3 Å². The van der Waals surface area contributed by atoms with Crippen molar-refractivity contribution < 1.29 is 13.5 Å². The van der Waals surface area contributed by atoms with Gasteiger partial charge >= 0.3 is 0 Å². The summed E-state index contributed by atoms with van der Waals surface area (Å²) in [7, 11) is -3.46. The molecule has 6 heteroatoms. The molecule has 1 rings (SSSR count). The molecule has 1 atom stereocenters. The number of hydrogen-bond acceptors (Lipinski definition) is 4. The van der Waals surface area contributed by atoms with Gasteiger partial charge in [-0.15, -0.1) is 0 Å². The summed E-state index contributed by atoms with van der Waals surface area (Å²) in [4.78, 5) is 0. The molecular weight excluding hydrogens is 264 g/mol. The molecule has 0 radical (unpaired) electrons. The van der Waals surface area contributed by atoms with Crippen LogP contribution in [0, 0.1) is 5.92 Å². The Bertz CT molecular complexity index is 500. The number of rotatable bonds is 7. The molecule has 0 saturated carbocycles. The van der Waals surface area contributed by atoms with Gasteiger partial charge in [0.1, 0.15) is 0 Å². The summed E-state index contributed by atoms with van der Waals surface area (Å²) in [5.41, 5.74) is 6.80. The topological polar surface area (TPSA) is 92.4 Å². The zero-order valence-corrected chi connectivity index (χ0v) is 12.2. The zero-order valence-electron chi connectivity index (χ0n) is 11.3. The number of aliphatic hydroxyl groups is 1. The van der Waals surface area contributed by atoms with Crippen molar-refractivity contribution in [3.63, 3.8) is 0 Å². The van der Waals surface area contributed by atoms with E-state index in [1.54, 1.807) is 24.3 Å². The molecule has 1 aromatic rings. The molecule has 0 aliphatic rings. The van der Waals surface area contributed by atoms with Crippen LogP contribution in [-0.2, 0) is 15.8 Å². The van der Waals surface area contributed by atoms with E-state index in [2.05, 4.69) is 4.72 Å². The van der Waals surface area contributed by atoms with E-state index in [1.807, 2.05) is 13.8 Å². The van der Waals surface area contributed by atoms with E-state index < -0.39 is 10.0 Å². The fourth-order valence-corrected chi connectivity index (χ4v) is 3.42. The number of nitrogens with one attached hydrogen (secondary N) is 1. The van der Waals surface area contributed by atoms with Gasteiger partial charge in [-0.2, -0.15) is 0 Å². The van der Waals surface area contributed by atoms with Crippen molar-refractivity contribution in [1.82, 2.24) is 4.72 Å². The van der Waals surface area contributed by atoms with Gasteiger partial charge in [-0.1, -0.05) is 32.0 Å². The Morgan fingerprint density at radius 3 is 2.47 bits per heavy atom. The average Bonchev–Trinajstić information content (AvgIpc) is 2.31. The van der Waals surface area contributed by atoms with Crippen molar-refractivity contribution in [2.24, 2.45) is 5.92 Å². The normalized spacial score (nSPS) is 13.7. The highest BCUT2D eigenvalue weighted by atomic mass is 32.2. The Kier molecular flexibility index (Phi) is 5.78. The van der Waals surface area contributed by atoms with Gasteiger partial charge in [-0.05, 0) is 24.0 Å². The summed E-state index contributed by atoms with van der Waals surface area (Å²) in [6, 6.07) is 6.64. The number of aliphatic hydroxyl groups excluding tert-OH is 1. The lowest BCUT2D eigenvalue weighted by Crippen LogP contribution is -2.39. The Morgan fingerprint density at radius 1 is 1.32 bits per heavy atom. The van der Waals surface area contributed by atoms with Crippen LogP contribution in [0.15, 0.2) is 24.3 Å². The average molecular weight is 286 g/mol. The molecule has 0 bridgehead atoms. The third kappa shape index (κ3) is 5.18. The third-order valence-electron chi connectivity index (χ3n) is 2.98. The molecule has 0 saturated heterocycles. The standard InChI is InChI=1S/C13H22N2O3S/c1-10(2)13(7-8-16)15-19(17,18)9-11-5-3-4-6-12(11)14/h3-6,10,13,15-16H,7-9,14H2,1-2H3. The van der Waals surface area contributed by atoms with Crippen molar-refractivity contribution in [3.05, 3.63) is 29.8 Å². The van der Waals surface area contributed by atoms with E-state index in [0.717, 1.165) is 0 Å². The van der Waals surface area contributed by atoms with Gasteiger partial charge in [0.15, 0.2) is 0 Å². The smallest absolute Gasteiger partial charge is 0.216 e. The molecule has 108 valence electrons. The highest BCUT2D eigenvalue weighted by Gasteiger charge is 2.21. The van der Waals surface area contributed by atoms with Crippen LogP contribution in [0.2, 0.25) is 0 Å². The first-order valence-corrected chi connectivity index (χ1v) is 7.95. The summed E-state index contributed by atoms with van der Waals surface area (Å²) in [5, 5.41) is 8.96. The minimum Gasteiger partial charge on any atom is -0.398 e. The molecule has 0 heterocycles. The monoisotopic (exact) mass is 286 g/mol.